The molecule has 2 aromatic carbocycles. The molecular weight excluding hydrogens is 302 g/mol. The van der Waals surface area contributed by atoms with Crippen LogP contribution in [0.15, 0.2) is 48.5 Å². The van der Waals surface area contributed by atoms with E-state index in [2.05, 4.69) is 19.2 Å². The third-order valence-corrected chi connectivity index (χ3v) is 4.01. The fourth-order valence-corrected chi connectivity index (χ4v) is 2.26. The van der Waals surface area contributed by atoms with Crippen LogP contribution in [0, 0.1) is 0 Å². The molecule has 1 amide bonds. The summed E-state index contributed by atoms with van der Waals surface area (Å²) in [6.07, 6.45) is 1.09. The number of hydrogen-bond acceptors (Lipinski definition) is 3. The summed E-state index contributed by atoms with van der Waals surface area (Å²) >= 11 is 0. The van der Waals surface area contributed by atoms with Crippen molar-refractivity contribution in [2.75, 3.05) is 11.9 Å². The maximum absolute atomic E-state index is 11.9. The number of hydrogen-bond donors (Lipinski definition) is 1. The van der Waals surface area contributed by atoms with E-state index < -0.39 is 0 Å². The number of carbonyl (C=O) groups is 2. The number of carbonyl (C=O) groups excluding carboxylic acids is 2. The Morgan fingerprint density at radius 1 is 1.04 bits per heavy atom. The molecule has 0 fully saturated rings. The number of benzene rings is 2. The first-order chi connectivity index (χ1) is 11.5. The van der Waals surface area contributed by atoms with Gasteiger partial charge < -0.3 is 10.1 Å². The van der Waals surface area contributed by atoms with E-state index in [9.17, 15) is 9.59 Å². The zero-order valence-corrected chi connectivity index (χ0v) is 14.3. The number of Topliss-reactive ketones (excluding diaryl/α,β-unsaturated/α-hetero) is 1. The van der Waals surface area contributed by atoms with Gasteiger partial charge in [0.25, 0.3) is 5.91 Å². The molecule has 0 saturated carbocycles. The second-order valence-corrected chi connectivity index (χ2v) is 5.85. The van der Waals surface area contributed by atoms with Crippen LogP contribution in [0.2, 0.25) is 0 Å². The highest BCUT2D eigenvalue weighted by molar-refractivity contribution is 5.94. The summed E-state index contributed by atoms with van der Waals surface area (Å²) in [5.41, 5.74) is 2.63. The van der Waals surface area contributed by atoms with Crippen molar-refractivity contribution >= 4 is 17.4 Å². The lowest BCUT2D eigenvalue weighted by Gasteiger charge is -2.11. The van der Waals surface area contributed by atoms with Crippen molar-refractivity contribution in [3.8, 4) is 5.75 Å². The molecule has 126 valence electrons. The molecule has 2 rings (SSSR count). The van der Waals surface area contributed by atoms with Gasteiger partial charge >= 0.3 is 0 Å². The van der Waals surface area contributed by atoms with Crippen molar-refractivity contribution in [3.05, 3.63) is 59.7 Å². The summed E-state index contributed by atoms with van der Waals surface area (Å²) in [7, 11) is 0. The number of ketones is 1. The lowest BCUT2D eigenvalue weighted by molar-refractivity contribution is -0.118. The molecule has 2 aromatic rings. The van der Waals surface area contributed by atoms with E-state index >= 15 is 0 Å². The number of nitrogens with one attached hydrogen (secondary N) is 1. The minimum absolute atomic E-state index is 0.000122. The Labute approximate surface area is 142 Å². The standard InChI is InChI=1S/C20H23NO3/c1-4-14(2)16-5-9-18(10-6-16)21-20(23)13-24-19-11-7-17(8-12-19)15(3)22/h5-12,14H,4,13H2,1-3H3,(H,21,23)/t14-/m1/s1. The fourth-order valence-electron chi connectivity index (χ4n) is 2.26. The molecule has 4 nitrogen and oxygen atoms in total. The summed E-state index contributed by atoms with van der Waals surface area (Å²) in [5.74, 6) is 0.848. The first-order valence-electron chi connectivity index (χ1n) is 8.13. The molecule has 1 N–H and O–H groups in total. The Hall–Kier alpha value is -2.62. The third-order valence-electron chi connectivity index (χ3n) is 4.01. The molecule has 24 heavy (non-hydrogen) atoms. The van der Waals surface area contributed by atoms with Crippen molar-refractivity contribution < 1.29 is 14.3 Å². The van der Waals surface area contributed by atoms with Gasteiger partial charge in [-0.3, -0.25) is 9.59 Å². The molecular formula is C20H23NO3. The van der Waals surface area contributed by atoms with Crippen molar-refractivity contribution in [1.29, 1.82) is 0 Å². The van der Waals surface area contributed by atoms with Crippen LogP contribution in [-0.4, -0.2) is 18.3 Å². The van der Waals surface area contributed by atoms with E-state index in [-0.39, 0.29) is 18.3 Å². The first-order valence-corrected chi connectivity index (χ1v) is 8.13. The van der Waals surface area contributed by atoms with Gasteiger partial charge in [-0.05, 0) is 61.2 Å². The van der Waals surface area contributed by atoms with Gasteiger partial charge in [-0.2, -0.15) is 0 Å². The van der Waals surface area contributed by atoms with E-state index in [1.165, 1.54) is 12.5 Å². The minimum Gasteiger partial charge on any atom is -0.484 e. The number of amides is 1. The van der Waals surface area contributed by atoms with Gasteiger partial charge in [0.1, 0.15) is 5.75 Å². The normalized spacial score (nSPS) is 11.6. The monoisotopic (exact) mass is 325 g/mol. The highest BCUT2D eigenvalue weighted by atomic mass is 16.5. The van der Waals surface area contributed by atoms with E-state index in [0.29, 0.717) is 17.2 Å². The smallest absolute Gasteiger partial charge is 0.262 e. The van der Waals surface area contributed by atoms with E-state index in [4.69, 9.17) is 4.74 Å². The van der Waals surface area contributed by atoms with Gasteiger partial charge in [0.05, 0.1) is 0 Å². The van der Waals surface area contributed by atoms with Gasteiger partial charge in [0, 0.05) is 11.3 Å². The molecule has 0 aliphatic heterocycles. The molecule has 0 aliphatic carbocycles. The van der Waals surface area contributed by atoms with Crippen LogP contribution in [0.5, 0.6) is 5.75 Å². The third kappa shape index (κ3) is 4.95. The highest BCUT2D eigenvalue weighted by Crippen LogP contribution is 2.20. The molecule has 0 saturated heterocycles. The number of rotatable bonds is 7. The van der Waals surface area contributed by atoms with Crippen LogP contribution in [0.1, 0.15) is 49.0 Å². The van der Waals surface area contributed by atoms with Crippen LogP contribution >= 0.6 is 0 Å². The zero-order chi connectivity index (χ0) is 17.5. The fraction of sp³-hybridized carbons (Fsp3) is 0.300. The van der Waals surface area contributed by atoms with Crippen LogP contribution in [0.3, 0.4) is 0 Å². The number of ether oxygens (including phenoxy) is 1. The second-order valence-electron chi connectivity index (χ2n) is 5.85. The zero-order valence-electron chi connectivity index (χ0n) is 14.3. The Bertz CT molecular complexity index is 690. The predicted molar refractivity (Wildman–Crippen MR) is 95.7 cm³/mol. The van der Waals surface area contributed by atoms with Crippen molar-refractivity contribution in [3.63, 3.8) is 0 Å². The molecule has 0 radical (unpaired) electrons. The van der Waals surface area contributed by atoms with E-state index in [1.54, 1.807) is 24.3 Å². The van der Waals surface area contributed by atoms with Crippen molar-refractivity contribution in [1.82, 2.24) is 0 Å². The van der Waals surface area contributed by atoms with Gasteiger partial charge in [0.2, 0.25) is 0 Å². The van der Waals surface area contributed by atoms with Gasteiger partial charge in [-0.15, -0.1) is 0 Å². The van der Waals surface area contributed by atoms with Crippen molar-refractivity contribution in [2.24, 2.45) is 0 Å². The molecule has 4 heteroatoms. The molecule has 0 aliphatic rings. The van der Waals surface area contributed by atoms with E-state index in [0.717, 1.165) is 12.1 Å². The van der Waals surface area contributed by atoms with Gasteiger partial charge in [-0.25, -0.2) is 0 Å². The van der Waals surface area contributed by atoms with Crippen molar-refractivity contribution in [2.45, 2.75) is 33.1 Å². The van der Waals surface area contributed by atoms with Crippen LogP contribution in [0.25, 0.3) is 0 Å². The lowest BCUT2D eigenvalue weighted by atomic mass is 9.99. The lowest BCUT2D eigenvalue weighted by Crippen LogP contribution is -2.20. The molecule has 1 atom stereocenters. The van der Waals surface area contributed by atoms with Crippen LogP contribution in [-0.2, 0) is 4.79 Å². The molecule has 0 heterocycles. The Balaban J connectivity index is 1.85. The Kier molecular flexibility index (Phi) is 6.13. The summed E-state index contributed by atoms with van der Waals surface area (Å²) in [4.78, 5) is 23.2. The van der Waals surface area contributed by atoms with Gasteiger partial charge in [0.15, 0.2) is 12.4 Å². The largest absolute Gasteiger partial charge is 0.484 e. The SMILES string of the molecule is CC[C@@H](C)c1ccc(NC(=O)COc2ccc(C(C)=O)cc2)cc1. The second kappa shape index (κ2) is 8.29. The topological polar surface area (TPSA) is 55.4 Å². The first kappa shape index (κ1) is 17.7. The minimum atomic E-state index is -0.220. The molecule has 0 bridgehead atoms. The quantitative estimate of drug-likeness (QED) is 0.767. The number of anilines is 1. The molecule has 0 spiro atoms. The summed E-state index contributed by atoms with van der Waals surface area (Å²) in [5, 5.41) is 2.81. The summed E-state index contributed by atoms with van der Waals surface area (Å²) in [6.45, 7) is 5.77. The van der Waals surface area contributed by atoms with Gasteiger partial charge in [-0.1, -0.05) is 26.0 Å². The average Bonchev–Trinajstić information content (AvgIpc) is 2.60. The highest BCUT2D eigenvalue weighted by Gasteiger charge is 2.06. The summed E-state index contributed by atoms with van der Waals surface area (Å²) < 4.78 is 5.43. The Morgan fingerprint density at radius 2 is 1.67 bits per heavy atom. The van der Waals surface area contributed by atoms with Crippen LogP contribution < -0.4 is 10.1 Å². The summed E-state index contributed by atoms with van der Waals surface area (Å²) in [6, 6.07) is 14.6. The molecule has 0 aromatic heterocycles. The average molecular weight is 325 g/mol. The molecule has 0 unspecified atom stereocenters. The predicted octanol–water partition coefficient (Wildman–Crippen LogP) is 4.42. The Morgan fingerprint density at radius 3 is 2.21 bits per heavy atom. The maximum Gasteiger partial charge on any atom is 0.262 e. The maximum atomic E-state index is 11.9. The van der Waals surface area contributed by atoms with Crippen LogP contribution in [0.4, 0.5) is 5.69 Å². The van der Waals surface area contributed by atoms with E-state index in [1.807, 2.05) is 24.3 Å².